The summed E-state index contributed by atoms with van der Waals surface area (Å²) in [7, 11) is 0. The van der Waals surface area contributed by atoms with Gasteiger partial charge in [-0.2, -0.15) is 0 Å². The Bertz CT molecular complexity index is 389. The van der Waals surface area contributed by atoms with E-state index >= 15 is 0 Å². The Balaban J connectivity index is 2.35. The van der Waals surface area contributed by atoms with E-state index in [1.165, 1.54) is 0 Å². The molecule has 0 saturated carbocycles. The van der Waals surface area contributed by atoms with Gasteiger partial charge in [0.2, 0.25) is 0 Å². The molecule has 0 fully saturated rings. The normalized spacial score (nSPS) is 17.5. The number of rotatable bonds is 8. The van der Waals surface area contributed by atoms with Gasteiger partial charge in [0.25, 0.3) is 0 Å². The highest BCUT2D eigenvalue weighted by Crippen LogP contribution is 2.09. The molecule has 0 saturated heterocycles. The van der Waals surface area contributed by atoms with Gasteiger partial charge in [-0.1, -0.05) is 23.7 Å². The van der Waals surface area contributed by atoms with Crippen LogP contribution in [0, 0.1) is 0 Å². The number of aliphatic hydroxyl groups excluding tert-OH is 5. The van der Waals surface area contributed by atoms with Gasteiger partial charge in [-0.05, 0) is 17.7 Å². The molecule has 0 aliphatic rings. The van der Waals surface area contributed by atoms with Crippen molar-refractivity contribution in [2.45, 2.75) is 31.0 Å². The number of nitrogens with one attached hydrogen (secondary N) is 1. The van der Waals surface area contributed by atoms with E-state index in [1.54, 1.807) is 12.1 Å². The van der Waals surface area contributed by atoms with Gasteiger partial charge in [0.15, 0.2) is 0 Å². The van der Waals surface area contributed by atoms with Gasteiger partial charge in [0, 0.05) is 18.1 Å². The Kier molecular flexibility index (Phi) is 7.39. The SMILES string of the molecule is OC[C@@H](O)[C@@H](O)[C@H](O)[C@@H](O)CN[12CH2][12c]1c[12cH][12c](Cl)[12cH][12cH]1. The van der Waals surface area contributed by atoms with Crippen LogP contribution in [-0.2, 0) is 6.54 Å². The highest BCUT2D eigenvalue weighted by atomic mass is 35.5. The smallest absolute Gasteiger partial charge is 0.111 e. The molecule has 6 nitrogen and oxygen atoms in total. The van der Waals surface area contributed by atoms with Gasteiger partial charge >= 0.3 is 0 Å². The van der Waals surface area contributed by atoms with E-state index in [4.69, 9.17) is 16.7 Å². The van der Waals surface area contributed by atoms with Gasteiger partial charge in [-0.25, -0.2) is 0 Å². The zero-order valence-corrected chi connectivity index (χ0v) is 11.6. The summed E-state index contributed by atoms with van der Waals surface area (Å²) in [6.45, 7) is -0.207. The van der Waals surface area contributed by atoms with E-state index in [9.17, 15) is 20.4 Å². The average Bonchev–Trinajstić information content (AvgIpc) is 2.46. The molecule has 114 valence electrons. The zero-order valence-electron chi connectivity index (χ0n) is 10.9. The van der Waals surface area contributed by atoms with Gasteiger partial charge < -0.3 is 30.8 Å². The van der Waals surface area contributed by atoms with Crippen LogP contribution in [0.3, 0.4) is 0 Å². The van der Waals surface area contributed by atoms with Gasteiger partial charge in [-0.15, -0.1) is 0 Å². The van der Waals surface area contributed by atoms with E-state index < -0.39 is 31.0 Å². The number of aliphatic hydroxyl groups is 5. The molecule has 0 unspecified atom stereocenters. The predicted octanol–water partition coefficient (Wildman–Crippen LogP) is -1.13. The molecule has 0 radical (unpaired) electrons. The topological polar surface area (TPSA) is 113 Å². The second-order valence-electron chi connectivity index (χ2n) is 4.56. The second kappa shape index (κ2) is 8.53. The summed E-state index contributed by atoms with van der Waals surface area (Å²) in [6.07, 6.45) is -5.91. The minimum absolute atomic E-state index is 0.0268. The van der Waals surface area contributed by atoms with Crippen LogP contribution < -0.4 is 5.32 Å². The Hall–Kier alpha value is -0.730. The van der Waals surface area contributed by atoms with Gasteiger partial charge in [-0.3, -0.25) is 0 Å². The van der Waals surface area contributed by atoms with Crippen LogP contribution in [0.2, 0.25) is 5.02 Å². The molecule has 1 aromatic rings. The summed E-state index contributed by atoms with van der Waals surface area (Å²) in [6, 6.07) is 7.13. The summed E-state index contributed by atoms with van der Waals surface area (Å²) >= 11 is 5.75. The van der Waals surface area contributed by atoms with Crippen LogP contribution >= 0.6 is 11.6 Å². The average molecular weight is 306 g/mol. The third-order valence-electron chi connectivity index (χ3n) is 2.92. The summed E-state index contributed by atoms with van der Waals surface area (Å²) in [5, 5.41) is 50.1. The molecule has 1 aromatic carbocycles. The molecule has 4 atom stereocenters. The second-order valence-corrected chi connectivity index (χ2v) is 4.99. The fourth-order valence-electron chi connectivity index (χ4n) is 1.65. The van der Waals surface area contributed by atoms with Gasteiger partial charge in [0.05, 0.1) is 12.7 Å². The van der Waals surface area contributed by atoms with Crippen molar-refractivity contribution in [1.82, 2.24) is 5.32 Å². The summed E-state index contributed by atoms with van der Waals surface area (Å²) in [4.78, 5) is 0. The van der Waals surface area contributed by atoms with Crippen molar-refractivity contribution in [2.75, 3.05) is 13.2 Å². The maximum Gasteiger partial charge on any atom is 0.111 e. The molecule has 0 amide bonds. The van der Waals surface area contributed by atoms with Crippen LogP contribution in [-0.4, -0.2) is 63.1 Å². The number of hydrogen-bond donors (Lipinski definition) is 6. The van der Waals surface area contributed by atoms with Crippen molar-refractivity contribution >= 4 is 11.6 Å². The number of hydrogen-bond acceptors (Lipinski definition) is 6. The first-order valence-electron chi connectivity index (χ1n) is 6.24. The molecule has 0 aromatic heterocycles. The lowest BCUT2D eigenvalue weighted by atomic mass is 10.0. The van der Waals surface area contributed by atoms with Crippen LogP contribution in [0.1, 0.15) is 5.56 Å². The third kappa shape index (κ3) is 5.34. The van der Waals surface area contributed by atoms with Crippen molar-refractivity contribution in [3.05, 3.63) is 34.9 Å². The maximum atomic E-state index is 9.67. The molecule has 20 heavy (non-hydrogen) atoms. The van der Waals surface area contributed by atoms with Crippen molar-refractivity contribution in [2.24, 2.45) is 0 Å². The molecule has 1 rings (SSSR count). The summed E-state index contributed by atoms with van der Waals surface area (Å²) < 4.78 is 0. The summed E-state index contributed by atoms with van der Waals surface area (Å²) in [5.74, 6) is 0. The molecule has 0 spiro atoms. The monoisotopic (exact) mass is 305 g/mol. The maximum absolute atomic E-state index is 9.67. The van der Waals surface area contributed by atoms with Crippen LogP contribution in [0.5, 0.6) is 0 Å². The largest absolute Gasteiger partial charge is 0.394 e. The molecular weight excluding hydrogens is 286 g/mol. The standard InChI is InChI=1S/C13H20ClNO5/c14-9-3-1-8(2-4-9)5-15-6-10(17)12(19)13(20)11(18)7-16/h1-4,10-13,15-20H,5-7H2/t10-,11+,12+,13+/m0/s1/i1+0,3+0,4+0,5+0,8+0,9+0. The van der Waals surface area contributed by atoms with E-state index in [2.05, 4.69) is 5.32 Å². The minimum atomic E-state index is -1.60. The fraction of sp³-hybridized carbons (Fsp3) is 0.538. The lowest BCUT2D eigenvalue weighted by molar-refractivity contribution is -0.114. The molecule has 6 N–H and O–H groups in total. The Labute approximate surface area is 122 Å². The molecule has 7 heteroatoms. The van der Waals surface area contributed by atoms with Crippen LogP contribution in [0.15, 0.2) is 24.3 Å². The van der Waals surface area contributed by atoms with Crippen LogP contribution in [0.4, 0.5) is 0 Å². The van der Waals surface area contributed by atoms with E-state index in [0.29, 0.717) is 11.6 Å². The first-order valence-corrected chi connectivity index (χ1v) is 6.61. The minimum Gasteiger partial charge on any atom is -0.394 e. The molecule has 0 bridgehead atoms. The highest BCUT2D eigenvalue weighted by molar-refractivity contribution is 6.30. The fourth-order valence-corrected chi connectivity index (χ4v) is 1.78. The van der Waals surface area contributed by atoms with Gasteiger partial charge in [0.1, 0.15) is 18.3 Å². The number of benzene rings is 1. The molecule has 0 aliphatic heterocycles. The Morgan fingerprint density at radius 1 is 0.950 bits per heavy atom. The quantitative estimate of drug-likeness (QED) is 0.362. The Morgan fingerprint density at radius 2 is 1.50 bits per heavy atom. The Morgan fingerprint density at radius 3 is 2.05 bits per heavy atom. The lowest BCUT2D eigenvalue weighted by Gasteiger charge is -2.25. The highest BCUT2D eigenvalue weighted by Gasteiger charge is 2.29. The molecular formula is C13H20ClNO5. The van der Waals surface area contributed by atoms with E-state index in [1.807, 2.05) is 12.1 Å². The zero-order chi connectivity index (χ0) is 15.1. The predicted molar refractivity (Wildman–Crippen MR) is 74.3 cm³/mol. The molecule has 0 aliphatic carbocycles. The van der Waals surface area contributed by atoms with Crippen molar-refractivity contribution in [3.8, 4) is 0 Å². The van der Waals surface area contributed by atoms with Crippen molar-refractivity contribution < 1.29 is 25.5 Å². The van der Waals surface area contributed by atoms with Crippen molar-refractivity contribution in [3.63, 3.8) is 0 Å². The van der Waals surface area contributed by atoms with E-state index in [0.717, 1.165) is 5.56 Å². The molecule has 0 heterocycles. The summed E-state index contributed by atoms with van der Waals surface area (Å²) in [5.41, 5.74) is 0.951. The number of halogens is 1. The third-order valence-corrected chi connectivity index (χ3v) is 3.17. The van der Waals surface area contributed by atoms with Crippen molar-refractivity contribution in [1.29, 1.82) is 0 Å². The first-order chi connectivity index (χ1) is 9.45. The van der Waals surface area contributed by atoms with E-state index in [-0.39, 0.29) is 6.54 Å². The van der Waals surface area contributed by atoms with Crippen LogP contribution in [0.25, 0.3) is 0 Å². The lowest BCUT2D eigenvalue weighted by Crippen LogP contribution is -2.48. The first kappa shape index (κ1) is 17.3.